The van der Waals surface area contributed by atoms with Crippen LogP contribution in [0.5, 0.6) is 17.2 Å². The van der Waals surface area contributed by atoms with Crippen LogP contribution in [0.25, 0.3) is 0 Å². The number of esters is 2. The van der Waals surface area contributed by atoms with Crippen LogP contribution in [-0.2, 0) is 63.8 Å². The van der Waals surface area contributed by atoms with Gasteiger partial charge in [0.1, 0.15) is 42.6 Å². The van der Waals surface area contributed by atoms with E-state index in [0.29, 0.717) is 36.3 Å². The van der Waals surface area contributed by atoms with E-state index < -0.39 is 114 Å². The highest BCUT2D eigenvalue weighted by atomic mass is 16.5. The lowest BCUT2D eigenvalue weighted by atomic mass is 9.87. The number of piperidine rings is 1. The Balaban J connectivity index is 1.68. The molecule has 2 heterocycles. The maximum absolute atomic E-state index is 14.4. The number of fused-ring (bicyclic) bond motifs is 3. The molecule has 4 rings (SSSR count). The molecule has 0 radical (unpaired) electrons. The molecule has 2 aromatic rings. The smallest absolute Gasteiger partial charge is 0.330 e. The van der Waals surface area contributed by atoms with E-state index in [9.17, 15) is 43.2 Å². The molecule has 1 saturated heterocycles. The third kappa shape index (κ3) is 18.9. The second kappa shape index (κ2) is 29.1. The molecule has 2 N–H and O–H groups in total. The lowest BCUT2D eigenvalue weighted by Gasteiger charge is -2.36. The zero-order valence-corrected chi connectivity index (χ0v) is 47.8. The third-order valence-electron chi connectivity index (χ3n) is 13.3. The van der Waals surface area contributed by atoms with Gasteiger partial charge in [0.25, 0.3) is 11.8 Å². The van der Waals surface area contributed by atoms with Gasteiger partial charge in [-0.1, -0.05) is 38.1 Å². The Morgan fingerprint density at radius 2 is 1.54 bits per heavy atom. The molecule has 5 atom stereocenters. The van der Waals surface area contributed by atoms with Crippen LogP contribution in [0.15, 0.2) is 54.6 Å². The first kappa shape index (κ1) is 63.5. The molecule has 2 aliphatic heterocycles. The molecule has 2 aliphatic rings. The maximum Gasteiger partial charge on any atom is 0.330 e. The van der Waals surface area contributed by atoms with Gasteiger partial charge in [-0.25, -0.2) is 9.59 Å². The van der Waals surface area contributed by atoms with E-state index in [2.05, 4.69) is 10.6 Å². The summed E-state index contributed by atoms with van der Waals surface area (Å²) in [5.74, 6) is -5.10. The first-order valence-electron chi connectivity index (χ1n) is 26.5. The number of ketones is 1. The number of hydrogen-bond acceptors (Lipinski definition) is 15. The Hall–Kier alpha value is -7.03. The molecule has 21 heteroatoms. The third-order valence-corrected chi connectivity index (χ3v) is 13.3. The number of hydrogen-bond donors (Lipinski definition) is 2. The van der Waals surface area contributed by atoms with Crippen LogP contribution in [0.1, 0.15) is 111 Å². The van der Waals surface area contributed by atoms with E-state index in [-0.39, 0.29) is 57.0 Å². The monoisotopic (exact) mass is 1090 g/mol. The summed E-state index contributed by atoms with van der Waals surface area (Å²) in [5.41, 5.74) is -0.866. The summed E-state index contributed by atoms with van der Waals surface area (Å²) >= 11 is 0. The molecule has 0 unspecified atom stereocenters. The van der Waals surface area contributed by atoms with Gasteiger partial charge < -0.3 is 58.7 Å². The first-order valence-corrected chi connectivity index (χ1v) is 26.5. The Labute approximate surface area is 458 Å². The number of amides is 6. The van der Waals surface area contributed by atoms with Gasteiger partial charge in [0.05, 0.1) is 38.4 Å². The van der Waals surface area contributed by atoms with Crippen LogP contribution >= 0.6 is 0 Å². The summed E-state index contributed by atoms with van der Waals surface area (Å²) in [7, 11) is 7.40. The molecule has 0 aliphatic carbocycles. The van der Waals surface area contributed by atoms with Crippen molar-refractivity contribution in [2.24, 2.45) is 11.3 Å². The molecule has 0 spiro atoms. The largest absolute Gasteiger partial charge is 0.493 e. The number of carbonyl (C=O) groups excluding carboxylic acids is 9. The van der Waals surface area contributed by atoms with Crippen LogP contribution in [0.4, 0.5) is 0 Å². The number of rotatable bonds is 9. The number of benzene rings is 2. The van der Waals surface area contributed by atoms with E-state index in [4.69, 9.17) is 28.4 Å². The van der Waals surface area contributed by atoms with Crippen molar-refractivity contribution >= 4 is 53.2 Å². The highest BCUT2D eigenvalue weighted by molar-refractivity contribution is 6.38. The molecule has 430 valence electrons. The van der Waals surface area contributed by atoms with Crippen LogP contribution in [0.3, 0.4) is 0 Å². The minimum atomic E-state index is -1.49. The van der Waals surface area contributed by atoms with Crippen LogP contribution in [0, 0.1) is 11.3 Å². The van der Waals surface area contributed by atoms with Gasteiger partial charge in [0, 0.05) is 40.3 Å². The molecular weight excluding hydrogens is 1010 g/mol. The second-order valence-corrected chi connectivity index (χ2v) is 21.9. The maximum atomic E-state index is 14.4. The van der Waals surface area contributed by atoms with Crippen molar-refractivity contribution in [1.29, 1.82) is 0 Å². The fourth-order valence-corrected chi connectivity index (χ4v) is 8.70. The summed E-state index contributed by atoms with van der Waals surface area (Å²) in [5, 5.41) is 5.46. The number of carbonyl (C=O) groups is 9. The number of nitrogens with zero attached hydrogens (tertiary/aromatic N) is 4. The average Bonchev–Trinajstić information content (AvgIpc) is 3.39. The number of cyclic esters (lactones) is 2. The van der Waals surface area contributed by atoms with Crippen molar-refractivity contribution in [2.45, 2.75) is 136 Å². The molecule has 1 fully saturated rings. The fourth-order valence-electron chi connectivity index (χ4n) is 8.70. The first-order chi connectivity index (χ1) is 36.7. The molecule has 2 bridgehead atoms. The second-order valence-electron chi connectivity index (χ2n) is 21.9. The summed E-state index contributed by atoms with van der Waals surface area (Å²) in [4.78, 5) is 129. The zero-order valence-electron chi connectivity index (χ0n) is 47.8. The van der Waals surface area contributed by atoms with E-state index >= 15 is 0 Å². The predicted octanol–water partition coefficient (Wildman–Crippen LogP) is 4.37. The predicted molar refractivity (Wildman–Crippen MR) is 288 cm³/mol. The minimum Gasteiger partial charge on any atom is -0.493 e. The SMILES string of the molecule is COc1ccc(CC[C@H]2OC(=O)[C@@H]3CCCCN3C(=O)C(=O)C(C)(C)COC(=O)C=CCCN(C)C(=O)[C@@H](C)NC(=O)[C@H](COC(C)(C)C)N(C)C(=O)[C@@H](CC(C)C)NC(=O)CN(C)C(=O)COc3cccc2c3)cc1OC. The molecular formula is C57H82N6O15. The van der Waals surface area contributed by atoms with Crippen molar-refractivity contribution in [1.82, 2.24) is 30.2 Å². The van der Waals surface area contributed by atoms with Gasteiger partial charge in [-0.05, 0) is 128 Å². The van der Waals surface area contributed by atoms with E-state index in [1.54, 1.807) is 51.1 Å². The summed E-state index contributed by atoms with van der Waals surface area (Å²) < 4.78 is 34.6. The van der Waals surface area contributed by atoms with Crippen molar-refractivity contribution in [3.05, 3.63) is 65.7 Å². The number of Topliss-reactive ketones (excluding diaryl/α,β-unsaturated/α-hetero) is 1. The van der Waals surface area contributed by atoms with Gasteiger partial charge in [-0.15, -0.1) is 0 Å². The lowest BCUT2D eigenvalue weighted by molar-refractivity contribution is -0.165. The minimum absolute atomic E-state index is 0.0909. The molecule has 0 saturated carbocycles. The van der Waals surface area contributed by atoms with Crippen molar-refractivity contribution in [2.75, 3.05) is 74.8 Å². The Bertz CT molecular complexity index is 2490. The van der Waals surface area contributed by atoms with Gasteiger partial charge in [0.15, 0.2) is 18.1 Å². The molecule has 2 aromatic carbocycles. The van der Waals surface area contributed by atoms with Crippen LogP contribution < -0.4 is 24.8 Å². The van der Waals surface area contributed by atoms with Crippen molar-refractivity contribution in [3.63, 3.8) is 0 Å². The average molecular weight is 1090 g/mol. The van der Waals surface area contributed by atoms with E-state index in [1.807, 2.05) is 26.0 Å². The molecule has 6 amide bonds. The van der Waals surface area contributed by atoms with Gasteiger partial charge in [-0.2, -0.15) is 0 Å². The number of aryl methyl sites for hydroxylation is 1. The Kier molecular flexibility index (Phi) is 23.7. The van der Waals surface area contributed by atoms with Gasteiger partial charge in [-0.3, -0.25) is 33.6 Å². The van der Waals surface area contributed by atoms with E-state index in [0.717, 1.165) is 16.5 Å². The van der Waals surface area contributed by atoms with Crippen LogP contribution in [-0.4, -0.2) is 177 Å². The molecule has 0 aromatic heterocycles. The number of likely N-dealkylation sites (N-methyl/N-ethyl adjacent to an activating group) is 3. The standard InChI is InChI=1S/C57H82N6O15/c1-36(2)29-41-53(70)62(11)43(33-77-56(4,5)6)51(68)58-37(3)52(69)60(9)27-16-15-22-49(66)76-35-57(7,8)50(67)54(71)63-28-17-14-21-42(63)55(72)78-44(25-23-38-24-26-45(73-12)46(30-38)74-13)39-19-18-20-40(31-39)75-34-48(65)61(10)32-47(64)59-41/h15,18-20,22,24,26,30-31,36-37,41-44H,14,16-17,21,23,25,27-29,32-35H2,1-13H3,(H,58,68)(H,59,64)/t37-,41-,42+,43+,44-/m1/s1. The highest BCUT2D eigenvalue weighted by Crippen LogP contribution is 2.33. The topological polar surface area (TPSA) is 246 Å². The fraction of sp³-hybridized carbons (Fsp3) is 0.596. The number of methoxy groups -OCH3 is 2. The Morgan fingerprint density at radius 1 is 0.833 bits per heavy atom. The summed E-state index contributed by atoms with van der Waals surface area (Å²) in [6.07, 6.45) is 4.08. The van der Waals surface area contributed by atoms with Crippen molar-refractivity contribution < 1.29 is 71.6 Å². The normalized spacial score (nSPS) is 22.9. The molecule has 21 nitrogen and oxygen atoms in total. The van der Waals surface area contributed by atoms with Gasteiger partial charge in [0.2, 0.25) is 29.4 Å². The summed E-state index contributed by atoms with van der Waals surface area (Å²) in [6, 6.07) is 7.56. The Morgan fingerprint density at radius 3 is 2.21 bits per heavy atom. The number of ether oxygens (including phenoxy) is 6. The quantitative estimate of drug-likeness (QED) is 0.262. The summed E-state index contributed by atoms with van der Waals surface area (Å²) in [6.45, 7) is 12.1. The molecule has 78 heavy (non-hydrogen) atoms. The highest BCUT2D eigenvalue weighted by Gasteiger charge is 2.43. The van der Waals surface area contributed by atoms with Crippen LogP contribution in [0.2, 0.25) is 0 Å². The van der Waals surface area contributed by atoms with Crippen molar-refractivity contribution in [3.8, 4) is 17.2 Å². The zero-order chi connectivity index (χ0) is 58.1. The lowest BCUT2D eigenvalue weighted by Crippen LogP contribution is -2.59. The van der Waals surface area contributed by atoms with E-state index in [1.165, 1.54) is 76.9 Å². The number of nitrogens with one attached hydrogen (secondary N) is 2. The van der Waals surface area contributed by atoms with Gasteiger partial charge >= 0.3 is 11.9 Å².